The Hall–Kier alpha value is -2.27. The first-order chi connectivity index (χ1) is 10.3. The lowest BCUT2D eigenvalue weighted by atomic mass is 10.2. The molecule has 0 saturated heterocycles. The summed E-state index contributed by atoms with van der Waals surface area (Å²) in [4.78, 5) is 3.98. The summed E-state index contributed by atoms with van der Waals surface area (Å²) >= 11 is 1.53. The van der Waals surface area contributed by atoms with Crippen LogP contribution in [-0.2, 0) is 5.75 Å². The lowest BCUT2D eigenvalue weighted by Gasteiger charge is -2.03. The Morgan fingerprint density at radius 3 is 2.52 bits per heavy atom. The van der Waals surface area contributed by atoms with Gasteiger partial charge < -0.3 is 0 Å². The van der Waals surface area contributed by atoms with Crippen LogP contribution in [0.1, 0.15) is 5.56 Å². The minimum atomic E-state index is -0.216. The van der Waals surface area contributed by atoms with E-state index in [2.05, 4.69) is 15.2 Å². The first-order valence-electron chi connectivity index (χ1n) is 6.43. The number of thioether (sulfide) groups is 1. The van der Waals surface area contributed by atoms with E-state index in [0.29, 0.717) is 5.75 Å². The quantitative estimate of drug-likeness (QED) is 0.683. The topological polar surface area (TPSA) is 38.7 Å². The van der Waals surface area contributed by atoms with Gasteiger partial charge in [-0.1, -0.05) is 23.9 Å². The molecule has 0 spiro atoms. The summed E-state index contributed by atoms with van der Waals surface area (Å²) in [6.07, 6.45) is 3.45. The van der Waals surface area contributed by atoms with Crippen LogP contribution in [0, 0.1) is 5.82 Å². The molecule has 104 valence electrons. The average molecular weight is 297 g/mol. The van der Waals surface area contributed by atoms with Gasteiger partial charge in [-0.05, 0) is 42.0 Å². The summed E-state index contributed by atoms with van der Waals surface area (Å²) in [5.74, 6) is 0.452. The van der Waals surface area contributed by atoms with Crippen molar-refractivity contribution in [1.29, 1.82) is 0 Å². The lowest BCUT2D eigenvalue weighted by Crippen LogP contribution is -1.90. The summed E-state index contributed by atoms with van der Waals surface area (Å²) in [5.41, 5.74) is 2.73. The maximum atomic E-state index is 13.1. The number of rotatable bonds is 4. The molecular weight excluding hydrogens is 285 g/mol. The predicted molar refractivity (Wildman–Crippen MR) is 81.2 cm³/mol. The van der Waals surface area contributed by atoms with Crippen molar-refractivity contribution in [1.82, 2.24) is 15.2 Å². The van der Waals surface area contributed by atoms with Crippen molar-refractivity contribution < 1.29 is 4.39 Å². The third-order valence-electron chi connectivity index (χ3n) is 2.89. The van der Waals surface area contributed by atoms with Gasteiger partial charge >= 0.3 is 0 Å². The van der Waals surface area contributed by atoms with Gasteiger partial charge in [0, 0.05) is 23.7 Å². The van der Waals surface area contributed by atoms with Gasteiger partial charge in [-0.2, -0.15) is 0 Å². The van der Waals surface area contributed by atoms with E-state index in [0.717, 1.165) is 21.8 Å². The number of hydrogen-bond donors (Lipinski definition) is 0. The number of nitrogens with zero attached hydrogens (tertiary/aromatic N) is 3. The minimum Gasteiger partial charge on any atom is -0.265 e. The van der Waals surface area contributed by atoms with Crippen molar-refractivity contribution in [3.8, 4) is 11.3 Å². The zero-order valence-electron chi connectivity index (χ0n) is 11.1. The molecule has 0 radical (unpaired) electrons. The minimum absolute atomic E-state index is 0.216. The van der Waals surface area contributed by atoms with Crippen molar-refractivity contribution >= 4 is 11.8 Å². The maximum absolute atomic E-state index is 13.1. The summed E-state index contributed by atoms with van der Waals surface area (Å²) in [5, 5.41) is 9.21. The van der Waals surface area contributed by atoms with E-state index in [-0.39, 0.29) is 5.82 Å². The smallest absolute Gasteiger partial charge is 0.123 e. The van der Waals surface area contributed by atoms with E-state index < -0.39 is 0 Å². The third-order valence-corrected chi connectivity index (χ3v) is 3.88. The number of halogens is 1. The van der Waals surface area contributed by atoms with Crippen LogP contribution in [0.25, 0.3) is 11.3 Å². The molecule has 2 aromatic heterocycles. The van der Waals surface area contributed by atoms with Crippen LogP contribution in [0.3, 0.4) is 0 Å². The molecule has 2 heterocycles. The SMILES string of the molecule is Fc1cccc(CSc2ccc(-c3ccncc3)nn2)c1. The molecule has 21 heavy (non-hydrogen) atoms. The Balaban J connectivity index is 1.68. The molecule has 0 aliphatic heterocycles. The van der Waals surface area contributed by atoms with E-state index in [1.54, 1.807) is 18.5 Å². The van der Waals surface area contributed by atoms with Gasteiger partial charge in [0.2, 0.25) is 0 Å². The second kappa shape index (κ2) is 6.45. The number of hydrogen-bond acceptors (Lipinski definition) is 4. The molecule has 1 aromatic carbocycles. The molecule has 0 atom stereocenters. The van der Waals surface area contributed by atoms with Crippen molar-refractivity contribution in [3.63, 3.8) is 0 Å². The van der Waals surface area contributed by atoms with E-state index >= 15 is 0 Å². The predicted octanol–water partition coefficient (Wildman–Crippen LogP) is 3.97. The molecule has 0 fully saturated rings. The highest BCUT2D eigenvalue weighted by Gasteiger charge is 2.02. The fourth-order valence-electron chi connectivity index (χ4n) is 1.86. The van der Waals surface area contributed by atoms with Gasteiger partial charge in [0.05, 0.1) is 5.69 Å². The number of aromatic nitrogens is 3. The monoisotopic (exact) mass is 297 g/mol. The zero-order chi connectivity index (χ0) is 14.5. The fraction of sp³-hybridized carbons (Fsp3) is 0.0625. The molecule has 3 rings (SSSR count). The van der Waals surface area contributed by atoms with Crippen LogP contribution in [0.15, 0.2) is 66.0 Å². The Bertz CT molecular complexity index is 717. The molecule has 5 heteroatoms. The highest BCUT2D eigenvalue weighted by atomic mass is 32.2. The Kier molecular flexibility index (Phi) is 4.21. The van der Waals surface area contributed by atoms with Crippen molar-refractivity contribution in [2.45, 2.75) is 10.8 Å². The summed E-state index contributed by atoms with van der Waals surface area (Å²) in [7, 11) is 0. The molecule has 3 aromatic rings. The van der Waals surface area contributed by atoms with Gasteiger partial charge in [0.25, 0.3) is 0 Å². The highest BCUT2D eigenvalue weighted by molar-refractivity contribution is 7.98. The molecule has 0 aliphatic rings. The van der Waals surface area contributed by atoms with Crippen LogP contribution < -0.4 is 0 Å². The zero-order valence-corrected chi connectivity index (χ0v) is 11.9. The van der Waals surface area contributed by atoms with Gasteiger partial charge in [0.15, 0.2) is 0 Å². The Morgan fingerprint density at radius 1 is 0.952 bits per heavy atom. The number of pyridine rings is 1. The Morgan fingerprint density at radius 2 is 1.81 bits per heavy atom. The van der Waals surface area contributed by atoms with Crippen molar-refractivity contribution in [3.05, 3.63) is 72.3 Å². The molecule has 0 unspecified atom stereocenters. The molecule has 0 amide bonds. The van der Waals surface area contributed by atoms with Gasteiger partial charge in [-0.3, -0.25) is 4.98 Å². The van der Waals surface area contributed by atoms with Crippen molar-refractivity contribution in [2.75, 3.05) is 0 Å². The second-order valence-corrected chi connectivity index (χ2v) is 5.41. The van der Waals surface area contributed by atoms with Crippen LogP contribution in [0.4, 0.5) is 4.39 Å². The van der Waals surface area contributed by atoms with Crippen LogP contribution >= 0.6 is 11.8 Å². The van der Waals surface area contributed by atoms with E-state index in [9.17, 15) is 4.39 Å². The molecule has 3 nitrogen and oxygen atoms in total. The highest BCUT2D eigenvalue weighted by Crippen LogP contribution is 2.22. The first-order valence-corrected chi connectivity index (χ1v) is 7.41. The van der Waals surface area contributed by atoms with E-state index in [1.807, 2.05) is 30.3 Å². The van der Waals surface area contributed by atoms with Gasteiger partial charge in [-0.15, -0.1) is 10.2 Å². The van der Waals surface area contributed by atoms with Gasteiger partial charge in [0.1, 0.15) is 10.8 Å². The van der Waals surface area contributed by atoms with Crippen LogP contribution in [-0.4, -0.2) is 15.2 Å². The summed E-state index contributed by atoms with van der Waals surface area (Å²) in [6, 6.07) is 14.2. The molecule has 0 aliphatic carbocycles. The fourth-order valence-corrected chi connectivity index (χ4v) is 2.61. The first kappa shape index (κ1) is 13.7. The van der Waals surface area contributed by atoms with E-state index in [1.165, 1.54) is 23.9 Å². The van der Waals surface area contributed by atoms with Crippen LogP contribution in [0.5, 0.6) is 0 Å². The third kappa shape index (κ3) is 3.64. The lowest BCUT2D eigenvalue weighted by molar-refractivity contribution is 0.626. The molecular formula is C16H12FN3S. The van der Waals surface area contributed by atoms with E-state index in [4.69, 9.17) is 0 Å². The van der Waals surface area contributed by atoms with Gasteiger partial charge in [-0.25, -0.2) is 4.39 Å². The molecule has 0 bridgehead atoms. The second-order valence-electron chi connectivity index (χ2n) is 4.41. The number of benzene rings is 1. The summed E-state index contributed by atoms with van der Waals surface area (Å²) in [6.45, 7) is 0. The van der Waals surface area contributed by atoms with Crippen LogP contribution in [0.2, 0.25) is 0 Å². The normalized spacial score (nSPS) is 10.5. The largest absolute Gasteiger partial charge is 0.265 e. The Labute approximate surface area is 126 Å². The molecule has 0 N–H and O–H groups in total. The summed E-state index contributed by atoms with van der Waals surface area (Å²) < 4.78 is 13.1. The maximum Gasteiger partial charge on any atom is 0.123 e. The standard InChI is InChI=1S/C16H12FN3S/c17-14-3-1-2-12(10-14)11-21-16-5-4-15(19-20-16)13-6-8-18-9-7-13/h1-10H,11H2. The average Bonchev–Trinajstić information content (AvgIpc) is 2.54. The van der Waals surface area contributed by atoms with Crippen molar-refractivity contribution in [2.24, 2.45) is 0 Å². The molecule has 0 saturated carbocycles.